The zero-order valence-corrected chi connectivity index (χ0v) is 15.3. The van der Waals surface area contributed by atoms with E-state index in [4.69, 9.17) is 4.74 Å². The lowest BCUT2D eigenvalue weighted by Gasteiger charge is -2.36. The molecule has 5 nitrogen and oxygen atoms in total. The Kier molecular flexibility index (Phi) is 6.70. The Morgan fingerprint density at radius 2 is 2.08 bits per heavy atom. The van der Waals surface area contributed by atoms with Crippen molar-refractivity contribution >= 4 is 5.91 Å². The number of amides is 1. The largest absolute Gasteiger partial charge is 0.496 e. The predicted octanol–water partition coefficient (Wildman–Crippen LogP) is 2.34. The summed E-state index contributed by atoms with van der Waals surface area (Å²) in [5.74, 6) is 1.20. The zero-order chi connectivity index (χ0) is 17.5. The molecule has 1 aromatic carbocycles. The molecule has 2 unspecified atom stereocenters. The van der Waals surface area contributed by atoms with Crippen LogP contribution in [0, 0.1) is 5.92 Å². The number of nitrogens with one attached hydrogen (secondary N) is 2. The van der Waals surface area contributed by atoms with Gasteiger partial charge >= 0.3 is 0 Å². The Bertz CT molecular complexity index is 552. The van der Waals surface area contributed by atoms with Crippen LogP contribution < -0.4 is 15.4 Å². The molecule has 2 aliphatic rings. The summed E-state index contributed by atoms with van der Waals surface area (Å²) in [6.07, 6.45) is 5.83. The molecule has 1 aromatic rings. The second-order valence-electron chi connectivity index (χ2n) is 7.14. The van der Waals surface area contributed by atoms with Crippen molar-refractivity contribution in [2.24, 2.45) is 5.92 Å². The number of hydrogen-bond acceptors (Lipinski definition) is 4. The van der Waals surface area contributed by atoms with E-state index >= 15 is 0 Å². The number of carbonyl (C=O) groups is 1. The second kappa shape index (κ2) is 9.20. The summed E-state index contributed by atoms with van der Waals surface area (Å²) in [5.41, 5.74) is 1.17. The van der Waals surface area contributed by atoms with Crippen LogP contribution in [-0.4, -0.2) is 50.6 Å². The molecule has 3 rings (SSSR count). The van der Waals surface area contributed by atoms with E-state index in [1.54, 1.807) is 7.11 Å². The van der Waals surface area contributed by atoms with Gasteiger partial charge in [-0.05, 0) is 51.4 Å². The van der Waals surface area contributed by atoms with E-state index in [9.17, 15) is 4.79 Å². The van der Waals surface area contributed by atoms with Crippen molar-refractivity contribution in [1.82, 2.24) is 15.5 Å². The molecule has 0 aromatic heterocycles. The molecule has 2 atom stereocenters. The molecule has 2 fully saturated rings. The smallest absolute Gasteiger partial charge is 0.224 e. The lowest BCUT2D eigenvalue weighted by atomic mass is 9.97. The molecule has 2 aliphatic heterocycles. The van der Waals surface area contributed by atoms with Gasteiger partial charge in [0, 0.05) is 18.7 Å². The third kappa shape index (κ3) is 4.73. The van der Waals surface area contributed by atoms with Crippen LogP contribution in [0.4, 0.5) is 0 Å². The lowest BCUT2D eigenvalue weighted by Crippen LogP contribution is -2.45. The molecular formula is C20H31N3O2. The molecule has 2 N–H and O–H groups in total. The molecular weight excluding hydrogens is 314 g/mol. The summed E-state index contributed by atoms with van der Waals surface area (Å²) in [4.78, 5) is 15.1. The summed E-state index contributed by atoms with van der Waals surface area (Å²) in [6, 6.07) is 8.38. The quantitative estimate of drug-likeness (QED) is 0.831. The van der Waals surface area contributed by atoms with Crippen molar-refractivity contribution in [2.45, 2.75) is 38.1 Å². The van der Waals surface area contributed by atoms with Gasteiger partial charge in [0.25, 0.3) is 0 Å². The number of piperidine rings is 2. The van der Waals surface area contributed by atoms with Gasteiger partial charge in [-0.3, -0.25) is 9.69 Å². The Morgan fingerprint density at radius 3 is 2.80 bits per heavy atom. The van der Waals surface area contributed by atoms with Gasteiger partial charge in [-0.25, -0.2) is 0 Å². The van der Waals surface area contributed by atoms with Crippen LogP contribution in [-0.2, 0) is 4.79 Å². The average molecular weight is 345 g/mol. The highest BCUT2D eigenvalue weighted by molar-refractivity contribution is 5.79. The minimum Gasteiger partial charge on any atom is -0.496 e. The van der Waals surface area contributed by atoms with Crippen molar-refractivity contribution < 1.29 is 9.53 Å². The minimum absolute atomic E-state index is 0.105. The van der Waals surface area contributed by atoms with Crippen LogP contribution in [0.2, 0.25) is 0 Å². The number of para-hydroxylation sites is 1. The van der Waals surface area contributed by atoms with Crippen LogP contribution in [0.5, 0.6) is 5.75 Å². The highest BCUT2D eigenvalue weighted by Gasteiger charge is 2.27. The van der Waals surface area contributed by atoms with Crippen LogP contribution >= 0.6 is 0 Å². The molecule has 5 heteroatoms. The van der Waals surface area contributed by atoms with Crippen LogP contribution in [0.15, 0.2) is 24.3 Å². The molecule has 2 saturated heterocycles. The van der Waals surface area contributed by atoms with E-state index in [-0.39, 0.29) is 17.9 Å². The fraction of sp³-hybridized carbons (Fsp3) is 0.650. The molecule has 138 valence electrons. The van der Waals surface area contributed by atoms with Gasteiger partial charge in [0.15, 0.2) is 0 Å². The number of hydrogen-bond donors (Lipinski definition) is 2. The van der Waals surface area contributed by atoms with Gasteiger partial charge in [0.1, 0.15) is 5.75 Å². The van der Waals surface area contributed by atoms with Crippen molar-refractivity contribution in [3.8, 4) is 5.75 Å². The predicted molar refractivity (Wildman–Crippen MR) is 99.8 cm³/mol. The number of ether oxygens (including phenoxy) is 1. The standard InChI is InChI=1S/C20H31N3O2/c1-25-19-10-4-3-9-17(19)18(23-12-5-2-6-13-23)15-22-20(24)16-8-7-11-21-14-16/h3-4,9-10,16,18,21H,2,5-8,11-15H2,1H3,(H,22,24). The van der Waals surface area contributed by atoms with Gasteiger partial charge in [0.05, 0.1) is 19.1 Å². The third-order valence-corrected chi connectivity index (χ3v) is 5.47. The van der Waals surface area contributed by atoms with Crippen LogP contribution in [0.3, 0.4) is 0 Å². The van der Waals surface area contributed by atoms with Crippen molar-refractivity contribution in [2.75, 3.05) is 39.8 Å². The summed E-state index contributed by atoms with van der Waals surface area (Å²) < 4.78 is 5.59. The summed E-state index contributed by atoms with van der Waals surface area (Å²) >= 11 is 0. The number of methoxy groups -OCH3 is 1. The Labute approximate surface area is 151 Å². The van der Waals surface area contributed by atoms with Crippen molar-refractivity contribution in [1.29, 1.82) is 0 Å². The first kappa shape index (κ1) is 18.2. The van der Waals surface area contributed by atoms with E-state index in [1.165, 1.54) is 24.8 Å². The molecule has 0 spiro atoms. The molecule has 0 bridgehead atoms. The second-order valence-corrected chi connectivity index (χ2v) is 7.14. The highest BCUT2D eigenvalue weighted by Crippen LogP contribution is 2.31. The average Bonchev–Trinajstić information content (AvgIpc) is 2.70. The van der Waals surface area contributed by atoms with Gasteiger partial charge in [-0.1, -0.05) is 24.6 Å². The molecule has 0 aliphatic carbocycles. The Balaban J connectivity index is 1.70. The fourth-order valence-corrected chi connectivity index (χ4v) is 4.02. The maximum absolute atomic E-state index is 12.6. The van der Waals surface area contributed by atoms with E-state index in [2.05, 4.69) is 27.7 Å². The normalized spacial score (nSPS) is 23.0. The van der Waals surface area contributed by atoms with Gasteiger partial charge in [0.2, 0.25) is 5.91 Å². The summed E-state index contributed by atoms with van der Waals surface area (Å²) in [6.45, 7) is 4.65. The van der Waals surface area contributed by atoms with E-state index in [0.717, 1.165) is 44.8 Å². The van der Waals surface area contributed by atoms with E-state index in [1.807, 2.05) is 12.1 Å². The molecule has 0 radical (unpaired) electrons. The number of benzene rings is 1. The summed E-state index contributed by atoms with van der Waals surface area (Å²) in [7, 11) is 1.72. The molecule has 0 saturated carbocycles. The topological polar surface area (TPSA) is 53.6 Å². The number of nitrogens with zero attached hydrogens (tertiary/aromatic N) is 1. The number of rotatable bonds is 6. The van der Waals surface area contributed by atoms with Crippen molar-refractivity contribution in [3.63, 3.8) is 0 Å². The van der Waals surface area contributed by atoms with Gasteiger partial charge in [-0.15, -0.1) is 0 Å². The lowest BCUT2D eigenvalue weighted by molar-refractivity contribution is -0.125. The fourth-order valence-electron chi connectivity index (χ4n) is 4.02. The van der Waals surface area contributed by atoms with Crippen LogP contribution in [0.25, 0.3) is 0 Å². The van der Waals surface area contributed by atoms with Crippen molar-refractivity contribution in [3.05, 3.63) is 29.8 Å². The third-order valence-electron chi connectivity index (χ3n) is 5.47. The molecule has 1 amide bonds. The first-order chi connectivity index (χ1) is 12.3. The van der Waals surface area contributed by atoms with E-state index in [0.29, 0.717) is 6.54 Å². The monoisotopic (exact) mass is 345 g/mol. The Hall–Kier alpha value is -1.59. The first-order valence-electron chi connectivity index (χ1n) is 9.65. The first-order valence-corrected chi connectivity index (χ1v) is 9.65. The SMILES string of the molecule is COc1ccccc1C(CNC(=O)C1CCCNC1)N1CCCCC1. The van der Waals surface area contributed by atoms with E-state index < -0.39 is 0 Å². The molecule has 2 heterocycles. The number of carbonyl (C=O) groups excluding carboxylic acids is 1. The zero-order valence-electron chi connectivity index (χ0n) is 15.3. The summed E-state index contributed by atoms with van der Waals surface area (Å²) in [5, 5.41) is 6.55. The Morgan fingerprint density at radius 1 is 1.28 bits per heavy atom. The molecule has 25 heavy (non-hydrogen) atoms. The highest BCUT2D eigenvalue weighted by atomic mass is 16.5. The number of likely N-dealkylation sites (tertiary alicyclic amines) is 1. The van der Waals surface area contributed by atoms with Gasteiger partial charge < -0.3 is 15.4 Å². The van der Waals surface area contributed by atoms with Crippen LogP contribution in [0.1, 0.15) is 43.7 Å². The maximum atomic E-state index is 12.6. The maximum Gasteiger partial charge on any atom is 0.224 e. The minimum atomic E-state index is 0.105. The van der Waals surface area contributed by atoms with Gasteiger partial charge in [-0.2, -0.15) is 0 Å².